The maximum atomic E-state index is 12.1. The number of sulfonamides is 1. The van der Waals surface area contributed by atoms with Gasteiger partial charge in [-0.3, -0.25) is 4.79 Å². The van der Waals surface area contributed by atoms with E-state index in [1.165, 1.54) is 12.1 Å². The van der Waals surface area contributed by atoms with Gasteiger partial charge in [-0.1, -0.05) is 17.3 Å². The maximum absolute atomic E-state index is 12.1. The van der Waals surface area contributed by atoms with Crippen LogP contribution in [-0.2, 0) is 21.2 Å². The Bertz CT molecular complexity index is 926. The lowest BCUT2D eigenvalue weighted by Crippen LogP contribution is -2.37. The van der Waals surface area contributed by atoms with Crippen LogP contribution < -0.4 is 10.5 Å². The van der Waals surface area contributed by atoms with E-state index in [1.54, 1.807) is 12.1 Å². The molecule has 2 aromatic rings. The molecule has 3 rings (SSSR count). The fourth-order valence-corrected chi connectivity index (χ4v) is 3.99. The van der Waals surface area contributed by atoms with Crippen molar-refractivity contribution in [2.45, 2.75) is 43.4 Å². The normalized spacial score (nSPS) is 17.9. The van der Waals surface area contributed by atoms with Gasteiger partial charge >= 0.3 is 0 Å². The number of aromatic nitrogens is 2. The first-order chi connectivity index (χ1) is 13.8. The summed E-state index contributed by atoms with van der Waals surface area (Å²) in [4.78, 5) is 18.8. The Labute approximate surface area is 170 Å². The van der Waals surface area contributed by atoms with Crippen LogP contribution in [0.25, 0.3) is 0 Å². The molecule has 2 heterocycles. The summed E-state index contributed by atoms with van der Waals surface area (Å²) >= 11 is 0. The van der Waals surface area contributed by atoms with Crippen molar-refractivity contribution >= 4 is 15.9 Å². The molecule has 1 aromatic heterocycles. The molecule has 1 unspecified atom stereocenters. The van der Waals surface area contributed by atoms with E-state index in [-0.39, 0.29) is 16.7 Å². The minimum Gasteiger partial charge on any atom is -0.356 e. The molecule has 1 saturated heterocycles. The lowest BCUT2D eigenvalue weighted by atomic mass is 9.98. The highest BCUT2D eigenvalue weighted by molar-refractivity contribution is 7.89. The van der Waals surface area contributed by atoms with Gasteiger partial charge < -0.3 is 14.7 Å². The predicted molar refractivity (Wildman–Crippen MR) is 107 cm³/mol. The molecule has 0 radical (unpaired) electrons. The molecule has 10 heteroatoms. The van der Waals surface area contributed by atoms with Crippen molar-refractivity contribution < 1.29 is 17.7 Å². The highest BCUT2D eigenvalue weighted by atomic mass is 32.2. The summed E-state index contributed by atoms with van der Waals surface area (Å²) in [6.07, 6.45) is 3.12. The van der Waals surface area contributed by atoms with Crippen LogP contribution in [0.1, 0.15) is 42.5 Å². The van der Waals surface area contributed by atoms with Crippen molar-refractivity contribution in [3.63, 3.8) is 0 Å². The summed E-state index contributed by atoms with van der Waals surface area (Å²) in [5.74, 6) is 1.57. The third-order valence-corrected chi connectivity index (χ3v) is 5.97. The monoisotopic (exact) mass is 421 g/mol. The van der Waals surface area contributed by atoms with E-state index in [2.05, 4.69) is 20.4 Å². The quantitative estimate of drug-likeness (QED) is 0.649. The van der Waals surface area contributed by atoms with Crippen LogP contribution in [0.15, 0.2) is 33.7 Å². The summed E-state index contributed by atoms with van der Waals surface area (Å²) in [7, 11) is -3.68. The third kappa shape index (κ3) is 6.34. The molecule has 0 aliphatic carbocycles. The number of nitrogens with one attached hydrogen (secondary N) is 1. The lowest BCUT2D eigenvalue weighted by Gasteiger charge is -2.30. The number of nitrogens with zero attached hydrogens (tertiary/aromatic N) is 3. The summed E-state index contributed by atoms with van der Waals surface area (Å²) in [6.45, 7) is 4.79. The number of benzene rings is 1. The second-order valence-corrected chi connectivity index (χ2v) is 8.92. The number of aryl methyl sites for hydroxylation is 1. The molecule has 1 amide bonds. The first kappa shape index (κ1) is 21.4. The standard InChI is InChI=1S/C19H27N5O4S/c1-14-22-19(28-23-14)16-3-2-11-24(13-16)12-9-18(25)21-10-8-15-4-6-17(7-5-15)29(20,26)27/h4-7,16H,2-3,8-13H2,1H3,(H,21,25)(H2,20,26,27). The molecular formula is C19H27N5O4S. The van der Waals surface area contributed by atoms with E-state index in [9.17, 15) is 13.2 Å². The van der Waals surface area contributed by atoms with Gasteiger partial charge in [0.2, 0.25) is 21.8 Å². The van der Waals surface area contributed by atoms with Crippen molar-refractivity contribution in [3.8, 4) is 0 Å². The molecule has 0 bridgehead atoms. The highest BCUT2D eigenvalue weighted by Gasteiger charge is 2.25. The summed E-state index contributed by atoms with van der Waals surface area (Å²) in [6, 6.07) is 6.37. The Morgan fingerprint density at radius 2 is 2.10 bits per heavy atom. The van der Waals surface area contributed by atoms with Gasteiger partial charge in [0.1, 0.15) is 0 Å². The Morgan fingerprint density at radius 3 is 2.76 bits per heavy atom. The molecule has 0 spiro atoms. The van der Waals surface area contributed by atoms with E-state index >= 15 is 0 Å². The van der Waals surface area contributed by atoms with Crippen LogP contribution >= 0.6 is 0 Å². The Hall–Kier alpha value is -2.30. The Balaban J connectivity index is 1.37. The number of primary sulfonamides is 1. The molecule has 0 saturated carbocycles. The number of amides is 1. The number of piperidine rings is 1. The van der Waals surface area contributed by atoms with Gasteiger partial charge in [0.25, 0.3) is 0 Å². The second-order valence-electron chi connectivity index (χ2n) is 7.36. The van der Waals surface area contributed by atoms with E-state index < -0.39 is 10.0 Å². The third-order valence-electron chi connectivity index (χ3n) is 5.04. The zero-order chi connectivity index (χ0) is 20.9. The number of likely N-dealkylation sites (tertiary alicyclic amines) is 1. The number of hydrogen-bond acceptors (Lipinski definition) is 7. The average molecular weight is 422 g/mol. The number of hydrogen-bond donors (Lipinski definition) is 2. The minimum atomic E-state index is -3.68. The van der Waals surface area contributed by atoms with Crippen LogP contribution in [0.5, 0.6) is 0 Å². The molecular weight excluding hydrogens is 394 g/mol. The first-order valence-corrected chi connectivity index (χ1v) is 11.3. The lowest BCUT2D eigenvalue weighted by molar-refractivity contribution is -0.121. The summed E-state index contributed by atoms with van der Waals surface area (Å²) in [5.41, 5.74) is 0.937. The topological polar surface area (TPSA) is 131 Å². The Kier molecular flexibility index (Phi) is 6.99. The van der Waals surface area contributed by atoms with E-state index in [1.807, 2.05) is 6.92 Å². The van der Waals surface area contributed by atoms with Crippen molar-refractivity contribution in [2.24, 2.45) is 5.14 Å². The number of carbonyl (C=O) groups is 1. The van der Waals surface area contributed by atoms with Gasteiger partial charge in [0, 0.05) is 26.1 Å². The summed E-state index contributed by atoms with van der Waals surface area (Å²) in [5, 5.41) is 11.9. The first-order valence-electron chi connectivity index (χ1n) is 9.72. The van der Waals surface area contributed by atoms with Crippen LogP contribution in [0.2, 0.25) is 0 Å². The van der Waals surface area contributed by atoms with Gasteiger partial charge in [-0.05, 0) is 50.4 Å². The van der Waals surface area contributed by atoms with Crippen LogP contribution in [0.4, 0.5) is 0 Å². The van der Waals surface area contributed by atoms with Gasteiger partial charge in [0.05, 0.1) is 10.8 Å². The number of rotatable bonds is 8. The van der Waals surface area contributed by atoms with E-state index in [4.69, 9.17) is 9.66 Å². The molecule has 1 aliphatic rings. The summed E-state index contributed by atoms with van der Waals surface area (Å²) < 4.78 is 27.8. The van der Waals surface area contributed by atoms with E-state index in [0.717, 1.165) is 31.5 Å². The fraction of sp³-hybridized carbons (Fsp3) is 0.526. The SMILES string of the molecule is Cc1noc(C2CCCN(CCC(=O)NCCc3ccc(S(N)(=O)=O)cc3)C2)n1. The zero-order valence-corrected chi connectivity index (χ0v) is 17.3. The number of carbonyl (C=O) groups excluding carboxylic acids is 1. The molecule has 1 atom stereocenters. The predicted octanol–water partition coefficient (Wildman–Crippen LogP) is 0.954. The molecule has 29 heavy (non-hydrogen) atoms. The molecule has 3 N–H and O–H groups in total. The van der Waals surface area contributed by atoms with Gasteiger partial charge in [-0.2, -0.15) is 4.98 Å². The molecule has 158 valence electrons. The maximum Gasteiger partial charge on any atom is 0.238 e. The fourth-order valence-electron chi connectivity index (χ4n) is 3.48. The van der Waals surface area contributed by atoms with Crippen molar-refractivity contribution in [3.05, 3.63) is 41.5 Å². The van der Waals surface area contributed by atoms with Gasteiger partial charge in [0.15, 0.2) is 5.82 Å². The smallest absolute Gasteiger partial charge is 0.238 e. The molecule has 1 fully saturated rings. The average Bonchev–Trinajstić information content (AvgIpc) is 3.13. The van der Waals surface area contributed by atoms with Gasteiger partial charge in [-0.15, -0.1) is 0 Å². The molecule has 1 aliphatic heterocycles. The van der Waals surface area contributed by atoms with Crippen LogP contribution in [0.3, 0.4) is 0 Å². The van der Waals surface area contributed by atoms with Crippen LogP contribution in [-0.4, -0.2) is 55.5 Å². The van der Waals surface area contributed by atoms with Crippen molar-refractivity contribution in [1.29, 1.82) is 0 Å². The second kappa shape index (κ2) is 9.47. The van der Waals surface area contributed by atoms with E-state index in [0.29, 0.717) is 37.6 Å². The Morgan fingerprint density at radius 1 is 1.34 bits per heavy atom. The highest BCUT2D eigenvalue weighted by Crippen LogP contribution is 2.25. The minimum absolute atomic E-state index is 0.00177. The van der Waals surface area contributed by atoms with Crippen LogP contribution in [0, 0.1) is 6.92 Å². The van der Waals surface area contributed by atoms with Crippen molar-refractivity contribution in [1.82, 2.24) is 20.4 Å². The van der Waals surface area contributed by atoms with Gasteiger partial charge in [-0.25, -0.2) is 13.6 Å². The molecule has 9 nitrogen and oxygen atoms in total. The zero-order valence-electron chi connectivity index (χ0n) is 16.5. The number of nitrogens with two attached hydrogens (primary N) is 1. The molecule has 1 aromatic carbocycles. The largest absolute Gasteiger partial charge is 0.356 e. The van der Waals surface area contributed by atoms with Crippen molar-refractivity contribution in [2.75, 3.05) is 26.2 Å².